The van der Waals surface area contributed by atoms with E-state index in [1.807, 2.05) is 36.1 Å². The molecule has 18 heavy (non-hydrogen) atoms. The third-order valence-corrected chi connectivity index (χ3v) is 3.26. The average Bonchev–Trinajstić information content (AvgIpc) is 3.19. The van der Waals surface area contributed by atoms with Gasteiger partial charge in [-0.15, -0.1) is 0 Å². The highest BCUT2D eigenvalue weighted by molar-refractivity contribution is 6.30. The Bertz CT molecular complexity index is 401. The van der Waals surface area contributed by atoms with Crippen molar-refractivity contribution in [3.8, 4) is 0 Å². The number of halogens is 1. The predicted molar refractivity (Wildman–Crippen MR) is 71.5 cm³/mol. The van der Waals surface area contributed by atoms with E-state index in [4.69, 9.17) is 16.3 Å². The van der Waals surface area contributed by atoms with E-state index in [9.17, 15) is 4.79 Å². The van der Waals surface area contributed by atoms with Crippen molar-refractivity contribution in [1.82, 2.24) is 4.90 Å². The molecule has 1 saturated carbocycles. The van der Waals surface area contributed by atoms with E-state index < -0.39 is 0 Å². The molecule has 1 aromatic carbocycles. The van der Waals surface area contributed by atoms with E-state index >= 15 is 0 Å². The van der Waals surface area contributed by atoms with Gasteiger partial charge >= 0.3 is 0 Å². The number of benzene rings is 1. The third kappa shape index (κ3) is 3.72. The van der Waals surface area contributed by atoms with Gasteiger partial charge in [0.25, 0.3) is 0 Å². The van der Waals surface area contributed by atoms with Crippen LogP contribution < -0.4 is 0 Å². The molecule has 98 valence electrons. The lowest BCUT2D eigenvalue weighted by molar-refractivity contribution is -0.137. The molecule has 0 aliphatic heterocycles. The molecule has 3 nitrogen and oxygen atoms in total. The number of hydrogen-bond donors (Lipinski definition) is 0. The summed E-state index contributed by atoms with van der Waals surface area (Å²) in [5.41, 5.74) is 1.11. The summed E-state index contributed by atoms with van der Waals surface area (Å²) in [6, 6.07) is 8.04. The van der Waals surface area contributed by atoms with E-state index in [0.29, 0.717) is 19.2 Å². The molecule has 1 amide bonds. The molecule has 0 radical (unpaired) electrons. The van der Waals surface area contributed by atoms with Gasteiger partial charge in [-0.2, -0.15) is 0 Å². The summed E-state index contributed by atoms with van der Waals surface area (Å²) in [4.78, 5) is 13.9. The SMILES string of the molecule is CCOCC(=O)N(Cc1ccc(Cl)cc1)C1CC1. The van der Waals surface area contributed by atoms with Crippen LogP contribution in [0, 0.1) is 0 Å². The Hall–Kier alpha value is -1.06. The van der Waals surface area contributed by atoms with Gasteiger partial charge in [0.2, 0.25) is 5.91 Å². The van der Waals surface area contributed by atoms with Crippen LogP contribution in [0.25, 0.3) is 0 Å². The van der Waals surface area contributed by atoms with Gasteiger partial charge in [0.1, 0.15) is 6.61 Å². The van der Waals surface area contributed by atoms with Gasteiger partial charge in [-0.25, -0.2) is 0 Å². The van der Waals surface area contributed by atoms with Gasteiger partial charge in [-0.3, -0.25) is 4.79 Å². The van der Waals surface area contributed by atoms with Crippen molar-refractivity contribution < 1.29 is 9.53 Å². The van der Waals surface area contributed by atoms with Crippen LogP contribution in [0.2, 0.25) is 5.02 Å². The van der Waals surface area contributed by atoms with Crippen molar-refractivity contribution in [3.63, 3.8) is 0 Å². The number of nitrogens with zero attached hydrogens (tertiary/aromatic N) is 1. The van der Waals surface area contributed by atoms with Crippen molar-refractivity contribution in [2.45, 2.75) is 32.4 Å². The van der Waals surface area contributed by atoms with Gasteiger partial charge in [0.05, 0.1) is 0 Å². The zero-order valence-corrected chi connectivity index (χ0v) is 11.3. The summed E-state index contributed by atoms with van der Waals surface area (Å²) in [5, 5.41) is 0.720. The number of rotatable bonds is 6. The molecule has 0 heterocycles. The predicted octanol–water partition coefficient (Wildman–Crippen LogP) is 2.87. The lowest BCUT2D eigenvalue weighted by atomic mass is 10.2. The lowest BCUT2D eigenvalue weighted by Gasteiger charge is -2.22. The van der Waals surface area contributed by atoms with E-state index in [2.05, 4.69) is 0 Å². The first kappa shape index (κ1) is 13.4. The first-order valence-electron chi connectivity index (χ1n) is 6.32. The van der Waals surface area contributed by atoms with Crippen LogP contribution in [0.15, 0.2) is 24.3 Å². The van der Waals surface area contributed by atoms with Crippen molar-refractivity contribution >= 4 is 17.5 Å². The van der Waals surface area contributed by atoms with Crippen LogP contribution in [0.4, 0.5) is 0 Å². The van der Waals surface area contributed by atoms with Crippen LogP contribution in [-0.2, 0) is 16.1 Å². The molecule has 1 aliphatic rings. The molecule has 1 aliphatic carbocycles. The Morgan fingerprint density at radius 2 is 2.06 bits per heavy atom. The van der Waals surface area contributed by atoms with Crippen molar-refractivity contribution in [3.05, 3.63) is 34.9 Å². The Labute approximate surface area is 113 Å². The second-order valence-corrected chi connectivity index (χ2v) is 4.95. The van der Waals surface area contributed by atoms with E-state index in [1.54, 1.807) is 0 Å². The highest BCUT2D eigenvalue weighted by atomic mass is 35.5. The Morgan fingerprint density at radius 1 is 1.39 bits per heavy atom. The Balaban J connectivity index is 1.97. The molecule has 2 rings (SSSR count). The second kappa shape index (κ2) is 6.21. The monoisotopic (exact) mass is 267 g/mol. The number of carbonyl (C=O) groups excluding carboxylic acids is 1. The molecule has 0 aromatic heterocycles. The van der Waals surface area contributed by atoms with Crippen LogP contribution in [0.3, 0.4) is 0 Å². The fraction of sp³-hybridized carbons (Fsp3) is 0.500. The minimum Gasteiger partial charge on any atom is -0.372 e. The maximum atomic E-state index is 12.0. The first-order valence-corrected chi connectivity index (χ1v) is 6.70. The highest BCUT2D eigenvalue weighted by Crippen LogP contribution is 2.28. The fourth-order valence-corrected chi connectivity index (χ4v) is 1.99. The number of ether oxygens (including phenoxy) is 1. The molecule has 1 aromatic rings. The molecule has 0 bridgehead atoms. The first-order chi connectivity index (χ1) is 8.70. The lowest BCUT2D eigenvalue weighted by Crippen LogP contribution is -2.35. The molecular weight excluding hydrogens is 250 g/mol. The van der Waals surface area contributed by atoms with Gasteiger partial charge in [-0.05, 0) is 37.5 Å². The zero-order chi connectivity index (χ0) is 13.0. The summed E-state index contributed by atoms with van der Waals surface area (Å²) < 4.78 is 5.20. The van der Waals surface area contributed by atoms with Crippen LogP contribution in [-0.4, -0.2) is 30.1 Å². The maximum absolute atomic E-state index is 12.0. The topological polar surface area (TPSA) is 29.5 Å². The van der Waals surface area contributed by atoms with Crippen LogP contribution in [0.5, 0.6) is 0 Å². The minimum absolute atomic E-state index is 0.0781. The van der Waals surface area contributed by atoms with Gasteiger partial charge in [0, 0.05) is 24.2 Å². The van der Waals surface area contributed by atoms with Crippen molar-refractivity contribution in [2.24, 2.45) is 0 Å². The van der Waals surface area contributed by atoms with E-state index in [-0.39, 0.29) is 12.5 Å². The van der Waals surface area contributed by atoms with Crippen molar-refractivity contribution in [2.75, 3.05) is 13.2 Å². The normalized spacial score (nSPS) is 14.6. The van der Waals surface area contributed by atoms with Crippen LogP contribution >= 0.6 is 11.6 Å². The largest absolute Gasteiger partial charge is 0.372 e. The highest BCUT2D eigenvalue weighted by Gasteiger charge is 2.32. The summed E-state index contributed by atoms with van der Waals surface area (Å²) in [6.45, 7) is 3.30. The van der Waals surface area contributed by atoms with Gasteiger partial charge < -0.3 is 9.64 Å². The van der Waals surface area contributed by atoms with Crippen molar-refractivity contribution in [1.29, 1.82) is 0 Å². The van der Waals surface area contributed by atoms with Crippen LogP contribution in [0.1, 0.15) is 25.3 Å². The quantitative estimate of drug-likeness (QED) is 0.793. The number of hydrogen-bond acceptors (Lipinski definition) is 2. The maximum Gasteiger partial charge on any atom is 0.249 e. The molecule has 1 fully saturated rings. The summed E-state index contributed by atoms with van der Waals surface area (Å²) >= 11 is 5.85. The standard InChI is InChI=1S/C14H18ClNO2/c1-2-18-10-14(17)16(13-7-8-13)9-11-3-5-12(15)6-4-11/h3-6,13H,2,7-10H2,1H3. The smallest absolute Gasteiger partial charge is 0.249 e. The molecule has 0 unspecified atom stereocenters. The zero-order valence-electron chi connectivity index (χ0n) is 10.6. The molecule has 0 atom stereocenters. The summed E-state index contributed by atoms with van der Waals surface area (Å²) in [7, 11) is 0. The van der Waals surface area contributed by atoms with Gasteiger partial charge in [0.15, 0.2) is 0 Å². The van der Waals surface area contributed by atoms with E-state index in [1.165, 1.54) is 0 Å². The van der Waals surface area contributed by atoms with Gasteiger partial charge in [-0.1, -0.05) is 23.7 Å². The molecule has 4 heteroatoms. The molecule has 0 spiro atoms. The summed E-state index contributed by atoms with van der Waals surface area (Å²) in [6.07, 6.45) is 2.21. The number of amides is 1. The Morgan fingerprint density at radius 3 is 2.61 bits per heavy atom. The summed E-state index contributed by atoms with van der Waals surface area (Å²) in [5.74, 6) is 0.0781. The fourth-order valence-electron chi connectivity index (χ4n) is 1.87. The molecule has 0 saturated heterocycles. The minimum atomic E-state index is 0.0781. The average molecular weight is 268 g/mol. The Kier molecular flexibility index (Phi) is 4.61. The molecular formula is C14H18ClNO2. The number of carbonyl (C=O) groups is 1. The van der Waals surface area contributed by atoms with E-state index in [0.717, 1.165) is 23.4 Å². The second-order valence-electron chi connectivity index (χ2n) is 4.52. The molecule has 0 N–H and O–H groups in total. The third-order valence-electron chi connectivity index (χ3n) is 3.00.